The number of ether oxygens (including phenoxy) is 1. The monoisotopic (exact) mass is 427 g/mol. The molecule has 4 aromatic carbocycles. The number of aliphatic hydroxyl groups is 1. The van der Waals surface area contributed by atoms with E-state index in [0.29, 0.717) is 13.2 Å². The minimum atomic E-state index is -0.561. The minimum absolute atomic E-state index is 0.0696. The van der Waals surface area contributed by atoms with E-state index in [2.05, 4.69) is 92.0 Å². The van der Waals surface area contributed by atoms with Crippen molar-refractivity contribution in [2.24, 2.45) is 0 Å². The molecule has 32 heavy (non-hydrogen) atoms. The molecule has 0 aliphatic rings. The molecule has 2 atom stereocenters. The van der Waals surface area contributed by atoms with E-state index in [1.807, 2.05) is 19.1 Å². The Balaban J connectivity index is 1.27. The summed E-state index contributed by atoms with van der Waals surface area (Å²) in [6.45, 7) is 7.17. The second-order valence-corrected chi connectivity index (χ2v) is 9.36. The highest BCUT2D eigenvalue weighted by molar-refractivity contribution is 5.83. The van der Waals surface area contributed by atoms with E-state index in [1.54, 1.807) is 0 Å². The lowest BCUT2D eigenvalue weighted by Gasteiger charge is -2.28. The second kappa shape index (κ2) is 9.83. The summed E-state index contributed by atoms with van der Waals surface area (Å²) < 4.78 is 5.98. The maximum Gasteiger partial charge on any atom is 0.0898 e. The molecular formula is C29H33NO2. The van der Waals surface area contributed by atoms with Gasteiger partial charge in [0.15, 0.2) is 0 Å². The summed E-state index contributed by atoms with van der Waals surface area (Å²) in [7, 11) is 0. The van der Waals surface area contributed by atoms with Gasteiger partial charge >= 0.3 is 0 Å². The number of nitrogens with one attached hydrogen (secondary N) is 1. The first kappa shape index (κ1) is 22.5. The van der Waals surface area contributed by atoms with E-state index in [4.69, 9.17) is 4.74 Å². The van der Waals surface area contributed by atoms with Crippen molar-refractivity contribution in [1.29, 1.82) is 0 Å². The molecule has 2 N–H and O–H groups in total. The van der Waals surface area contributed by atoms with Gasteiger partial charge in [-0.2, -0.15) is 0 Å². The Hall–Kier alpha value is -2.72. The molecule has 0 radical (unpaired) electrons. The fourth-order valence-corrected chi connectivity index (χ4v) is 4.19. The Morgan fingerprint density at radius 1 is 0.812 bits per heavy atom. The molecule has 0 fully saturated rings. The van der Waals surface area contributed by atoms with Crippen molar-refractivity contribution in [3.63, 3.8) is 0 Å². The van der Waals surface area contributed by atoms with Gasteiger partial charge < -0.3 is 15.2 Å². The summed E-state index contributed by atoms with van der Waals surface area (Å²) in [4.78, 5) is 0. The lowest BCUT2D eigenvalue weighted by atomic mass is 9.93. The third kappa shape index (κ3) is 5.74. The van der Waals surface area contributed by atoms with Crippen LogP contribution in [0.3, 0.4) is 0 Å². The van der Waals surface area contributed by atoms with Crippen LogP contribution in [-0.4, -0.2) is 29.9 Å². The van der Waals surface area contributed by atoms with Gasteiger partial charge in [0.05, 0.1) is 18.8 Å². The standard InChI is InChI=1S/C29H33NO2/c1-21(25-15-14-24-9-5-7-11-27(24)17-25)32-20-28(31)19-30-29(2,3)18-22-12-13-23-8-4-6-10-26(23)16-22/h4-17,21,28,30-31H,18-20H2,1-3H3/t21?,28-/m1/s1. The quantitative estimate of drug-likeness (QED) is 0.342. The van der Waals surface area contributed by atoms with Crippen molar-refractivity contribution in [2.75, 3.05) is 13.2 Å². The van der Waals surface area contributed by atoms with E-state index in [-0.39, 0.29) is 11.6 Å². The third-order valence-corrected chi connectivity index (χ3v) is 6.06. The topological polar surface area (TPSA) is 41.5 Å². The summed E-state index contributed by atoms with van der Waals surface area (Å²) in [5, 5.41) is 19.0. The van der Waals surface area contributed by atoms with Crippen LogP contribution in [0, 0.1) is 0 Å². The number of β-amino-alcohol motifs (C(OH)–C–C–N with tert-alkyl or cyclic N) is 1. The van der Waals surface area contributed by atoms with Gasteiger partial charge in [0, 0.05) is 12.1 Å². The van der Waals surface area contributed by atoms with Crippen LogP contribution >= 0.6 is 0 Å². The second-order valence-electron chi connectivity index (χ2n) is 9.36. The molecule has 0 aliphatic carbocycles. The molecule has 4 aromatic rings. The zero-order chi connectivity index (χ0) is 22.6. The lowest BCUT2D eigenvalue weighted by molar-refractivity contribution is -0.00412. The molecule has 3 nitrogen and oxygen atoms in total. The van der Waals surface area contributed by atoms with Crippen LogP contribution in [0.1, 0.15) is 38.0 Å². The molecular weight excluding hydrogens is 394 g/mol. The Labute approximate surface area is 191 Å². The number of fused-ring (bicyclic) bond motifs is 2. The largest absolute Gasteiger partial charge is 0.389 e. The molecule has 0 saturated carbocycles. The van der Waals surface area contributed by atoms with Gasteiger partial charge in [0.1, 0.15) is 0 Å². The zero-order valence-electron chi connectivity index (χ0n) is 19.2. The Morgan fingerprint density at radius 3 is 2.09 bits per heavy atom. The molecule has 4 rings (SSSR count). The van der Waals surface area contributed by atoms with Crippen molar-refractivity contribution < 1.29 is 9.84 Å². The summed E-state index contributed by atoms with van der Waals surface area (Å²) in [5.74, 6) is 0. The van der Waals surface area contributed by atoms with Crippen molar-refractivity contribution in [2.45, 2.75) is 44.9 Å². The fraction of sp³-hybridized carbons (Fsp3) is 0.310. The summed E-state index contributed by atoms with van der Waals surface area (Å²) >= 11 is 0. The third-order valence-electron chi connectivity index (χ3n) is 6.06. The van der Waals surface area contributed by atoms with Crippen LogP contribution < -0.4 is 5.32 Å². The van der Waals surface area contributed by atoms with Crippen LogP contribution in [0.4, 0.5) is 0 Å². The maximum absolute atomic E-state index is 10.5. The predicted octanol–water partition coefficient (Wildman–Crippen LogP) is 6.04. The summed E-state index contributed by atoms with van der Waals surface area (Å²) in [6, 6.07) is 29.8. The highest BCUT2D eigenvalue weighted by Gasteiger charge is 2.20. The van der Waals surface area contributed by atoms with Crippen LogP contribution in [-0.2, 0) is 11.2 Å². The Kier molecular flexibility index (Phi) is 6.90. The molecule has 0 aliphatic heterocycles. The molecule has 0 aromatic heterocycles. The maximum atomic E-state index is 10.5. The van der Waals surface area contributed by atoms with E-state index >= 15 is 0 Å². The SMILES string of the molecule is CC(OC[C@H](O)CNC(C)(C)Cc1ccc2ccccc2c1)c1ccc2ccccc2c1. The Morgan fingerprint density at radius 2 is 1.41 bits per heavy atom. The van der Waals surface area contributed by atoms with Crippen LogP contribution in [0.15, 0.2) is 84.9 Å². The van der Waals surface area contributed by atoms with Crippen molar-refractivity contribution in [3.8, 4) is 0 Å². The van der Waals surface area contributed by atoms with Crippen molar-refractivity contribution in [1.82, 2.24) is 5.32 Å². The van der Waals surface area contributed by atoms with Gasteiger partial charge in [-0.25, -0.2) is 0 Å². The smallest absolute Gasteiger partial charge is 0.0898 e. The van der Waals surface area contributed by atoms with E-state index in [1.165, 1.54) is 27.1 Å². The number of benzene rings is 4. The molecule has 1 unspecified atom stereocenters. The van der Waals surface area contributed by atoms with Crippen LogP contribution in [0.25, 0.3) is 21.5 Å². The van der Waals surface area contributed by atoms with E-state index in [9.17, 15) is 5.11 Å². The Bertz CT molecular complexity index is 1180. The average molecular weight is 428 g/mol. The molecule has 166 valence electrons. The molecule has 0 amide bonds. The van der Waals surface area contributed by atoms with Gasteiger partial charge in [0.25, 0.3) is 0 Å². The van der Waals surface area contributed by atoms with Gasteiger partial charge in [-0.1, -0.05) is 78.9 Å². The molecule has 0 heterocycles. The number of hydrogen-bond acceptors (Lipinski definition) is 3. The summed E-state index contributed by atoms with van der Waals surface area (Å²) in [5.41, 5.74) is 2.28. The number of hydrogen-bond donors (Lipinski definition) is 2. The predicted molar refractivity (Wildman–Crippen MR) is 134 cm³/mol. The minimum Gasteiger partial charge on any atom is -0.389 e. The number of aliphatic hydroxyl groups excluding tert-OH is 1. The number of rotatable bonds is 9. The first-order valence-electron chi connectivity index (χ1n) is 11.4. The zero-order valence-corrected chi connectivity index (χ0v) is 19.2. The van der Waals surface area contributed by atoms with Crippen LogP contribution in [0.5, 0.6) is 0 Å². The van der Waals surface area contributed by atoms with Gasteiger partial charge in [-0.05, 0) is 65.9 Å². The fourth-order valence-electron chi connectivity index (χ4n) is 4.19. The lowest BCUT2D eigenvalue weighted by Crippen LogP contribution is -2.46. The van der Waals surface area contributed by atoms with Crippen molar-refractivity contribution in [3.05, 3.63) is 96.1 Å². The van der Waals surface area contributed by atoms with Crippen LogP contribution in [0.2, 0.25) is 0 Å². The average Bonchev–Trinajstić information content (AvgIpc) is 2.80. The molecule has 0 saturated heterocycles. The first-order valence-corrected chi connectivity index (χ1v) is 11.4. The highest BCUT2D eigenvalue weighted by atomic mass is 16.5. The molecule has 0 spiro atoms. The van der Waals surface area contributed by atoms with Gasteiger partial charge in [0.2, 0.25) is 0 Å². The summed E-state index contributed by atoms with van der Waals surface area (Å²) in [6.07, 6.45) is 0.257. The van der Waals surface area contributed by atoms with E-state index in [0.717, 1.165) is 12.0 Å². The first-order chi connectivity index (χ1) is 15.4. The molecule has 0 bridgehead atoms. The van der Waals surface area contributed by atoms with Gasteiger partial charge in [-0.3, -0.25) is 0 Å². The van der Waals surface area contributed by atoms with Gasteiger partial charge in [-0.15, -0.1) is 0 Å². The van der Waals surface area contributed by atoms with E-state index < -0.39 is 6.10 Å². The molecule has 3 heteroatoms. The normalized spacial score (nSPS) is 14.0. The van der Waals surface area contributed by atoms with Crippen molar-refractivity contribution >= 4 is 21.5 Å². The highest BCUT2D eigenvalue weighted by Crippen LogP contribution is 2.23.